The second-order valence-electron chi connectivity index (χ2n) is 4.84. The van der Waals surface area contributed by atoms with Gasteiger partial charge in [-0.2, -0.15) is 0 Å². The molecule has 11 heavy (non-hydrogen) atoms. The van der Waals surface area contributed by atoms with Crippen LogP contribution in [0.5, 0.6) is 0 Å². The molecule has 0 amide bonds. The Morgan fingerprint density at radius 3 is 2.18 bits per heavy atom. The molecule has 0 bridgehead atoms. The summed E-state index contributed by atoms with van der Waals surface area (Å²) in [5.74, 6) is 5.41. The zero-order valence-electron chi connectivity index (χ0n) is 8.01. The molecule has 5 atom stereocenters. The molecule has 2 rings (SSSR count). The van der Waals surface area contributed by atoms with E-state index in [0.717, 1.165) is 29.6 Å². The molecule has 0 N–H and O–H groups in total. The Morgan fingerprint density at radius 2 is 1.73 bits per heavy atom. The highest BCUT2D eigenvalue weighted by Crippen LogP contribution is 2.57. The van der Waals surface area contributed by atoms with Crippen LogP contribution in [0, 0.1) is 29.6 Å². The van der Waals surface area contributed by atoms with Crippen LogP contribution >= 0.6 is 0 Å². The lowest BCUT2D eigenvalue weighted by molar-refractivity contribution is 0.0651. The van der Waals surface area contributed by atoms with E-state index < -0.39 is 0 Å². The summed E-state index contributed by atoms with van der Waals surface area (Å²) in [6, 6.07) is 0. The molecule has 0 aliphatic heterocycles. The Balaban J connectivity index is 2.04. The van der Waals surface area contributed by atoms with Gasteiger partial charge in [0.25, 0.3) is 0 Å². The van der Waals surface area contributed by atoms with Crippen LogP contribution in [-0.2, 0) is 0 Å². The highest BCUT2D eigenvalue weighted by atomic mass is 14.5. The first-order valence-electron chi connectivity index (χ1n) is 5.24. The molecule has 2 saturated carbocycles. The van der Waals surface area contributed by atoms with Crippen molar-refractivity contribution in [3.05, 3.63) is 0 Å². The fraction of sp³-hybridized carbons (Fsp3) is 1.00. The highest BCUT2D eigenvalue weighted by molar-refractivity contribution is 4.98. The van der Waals surface area contributed by atoms with E-state index in [-0.39, 0.29) is 0 Å². The zero-order chi connectivity index (χ0) is 8.01. The quantitative estimate of drug-likeness (QED) is 0.540. The fourth-order valence-corrected chi connectivity index (χ4v) is 3.74. The minimum atomic E-state index is 1.04. The summed E-state index contributed by atoms with van der Waals surface area (Å²) in [6.45, 7) is 7.27. The Hall–Kier alpha value is 0. The third kappa shape index (κ3) is 0.947. The molecular formula is C11H20. The van der Waals surface area contributed by atoms with Crippen molar-refractivity contribution in [2.45, 2.75) is 40.0 Å². The van der Waals surface area contributed by atoms with E-state index in [1.165, 1.54) is 19.3 Å². The molecule has 2 aliphatic rings. The average Bonchev–Trinajstić information content (AvgIpc) is 2.20. The van der Waals surface area contributed by atoms with Gasteiger partial charge < -0.3 is 0 Å². The third-order valence-electron chi connectivity index (χ3n) is 4.26. The normalized spacial score (nSPS) is 55.4. The van der Waals surface area contributed by atoms with E-state index in [1.807, 2.05) is 0 Å². The molecule has 64 valence electrons. The van der Waals surface area contributed by atoms with Crippen LogP contribution in [0.1, 0.15) is 40.0 Å². The summed E-state index contributed by atoms with van der Waals surface area (Å²) in [4.78, 5) is 0. The van der Waals surface area contributed by atoms with Crippen LogP contribution in [0.4, 0.5) is 0 Å². The summed E-state index contributed by atoms with van der Waals surface area (Å²) in [5.41, 5.74) is 0. The Labute approximate surface area is 70.4 Å². The Bertz CT molecular complexity index is 150. The molecule has 0 heteroatoms. The molecule has 0 nitrogen and oxygen atoms in total. The van der Waals surface area contributed by atoms with Gasteiger partial charge in [-0.05, 0) is 42.4 Å². The minimum absolute atomic E-state index is 1.04. The predicted octanol–water partition coefficient (Wildman–Crippen LogP) is 3.32. The van der Waals surface area contributed by atoms with E-state index in [0.29, 0.717) is 0 Å². The summed E-state index contributed by atoms with van der Waals surface area (Å²) >= 11 is 0. The first-order valence-corrected chi connectivity index (χ1v) is 5.24. The van der Waals surface area contributed by atoms with Crippen LogP contribution in [0.3, 0.4) is 0 Å². The van der Waals surface area contributed by atoms with Crippen LogP contribution in [0.25, 0.3) is 0 Å². The molecule has 2 aliphatic carbocycles. The van der Waals surface area contributed by atoms with Gasteiger partial charge in [0, 0.05) is 0 Å². The van der Waals surface area contributed by atoms with Gasteiger partial charge in [0.05, 0.1) is 0 Å². The second kappa shape index (κ2) is 2.50. The molecule has 0 saturated heterocycles. The van der Waals surface area contributed by atoms with Gasteiger partial charge in [-0.15, -0.1) is 0 Å². The van der Waals surface area contributed by atoms with Crippen molar-refractivity contribution in [1.82, 2.24) is 0 Å². The standard InChI is InChI=1S/C11H20/c1-4-9-5-7(2)11-8(3)6-10(9)11/h7-11H,4-6H2,1-3H3. The van der Waals surface area contributed by atoms with Crippen molar-refractivity contribution in [2.24, 2.45) is 29.6 Å². The topological polar surface area (TPSA) is 0 Å². The van der Waals surface area contributed by atoms with E-state index in [1.54, 1.807) is 0 Å². The number of hydrogen-bond donors (Lipinski definition) is 0. The maximum absolute atomic E-state index is 2.46. The molecule has 0 aromatic heterocycles. The summed E-state index contributed by atoms with van der Waals surface area (Å²) in [6.07, 6.45) is 4.49. The lowest BCUT2D eigenvalue weighted by atomic mass is 9.63. The number of rotatable bonds is 1. The molecule has 0 spiro atoms. The van der Waals surface area contributed by atoms with Crippen LogP contribution in [0.2, 0.25) is 0 Å². The molecule has 0 aromatic rings. The predicted molar refractivity (Wildman–Crippen MR) is 48.3 cm³/mol. The van der Waals surface area contributed by atoms with Crippen molar-refractivity contribution in [3.8, 4) is 0 Å². The average molecular weight is 152 g/mol. The van der Waals surface area contributed by atoms with Crippen molar-refractivity contribution in [1.29, 1.82) is 0 Å². The van der Waals surface area contributed by atoms with Gasteiger partial charge in [-0.3, -0.25) is 0 Å². The van der Waals surface area contributed by atoms with Gasteiger partial charge in [0.2, 0.25) is 0 Å². The lowest BCUT2D eigenvalue weighted by Crippen LogP contribution is -2.35. The van der Waals surface area contributed by atoms with Crippen LogP contribution < -0.4 is 0 Å². The second-order valence-corrected chi connectivity index (χ2v) is 4.84. The zero-order valence-corrected chi connectivity index (χ0v) is 8.01. The van der Waals surface area contributed by atoms with Gasteiger partial charge in [-0.25, -0.2) is 0 Å². The van der Waals surface area contributed by atoms with Crippen LogP contribution in [-0.4, -0.2) is 0 Å². The van der Waals surface area contributed by atoms with E-state index in [9.17, 15) is 0 Å². The first-order chi connectivity index (χ1) is 5.24. The van der Waals surface area contributed by atoms with Crippen molar-refractivity contribution >= 4 is 0 Å². The number of fused-ring (bicyclic) bond motifs is 1. The summed E-state index contributed by atoms with van der Waals surface area (Å²) < 4.78 is 0. The van der Waals surface area contributed by atoms with Gasteiger partial charge in [-0.1, -0.05) is 27.2 Å². The van der Waals surface area contributed by atoms with Crippen LogP contribution in [0.15, 0.2) is 0 Å². The van der Waals surface area contributed by atoms with Gasteiger partial charge in [0.1, 0.15) is 0 Å². The number of hydrogen-bond acceptors (Lipinski definition) is 0. The van der Waals surface area contributed by atoms with E-state index in [2.05, 4.69) is 20.8 Å². The maximum Gasteiger partial charge on any atom is -0.0331 e. The maximum atomic E-state index is 2.46. The summed E-state index contributed by atoms with van der Waals surface area (Å²) in [5, 5.41) is 0. The molecule has 0 aromatic carbocycles. The minimum Gasteiger partial charge on any atom is -0.0651 e. The van der Waals surface area contributed by atoms with Gasteiger partial charge >= 0.3 is 0 Å². The molecular weight excluding hydrogens is 132 g/mol. The summed E-state index contributed by atoms with van der Waals surface area (Å²) in [7, 11) is 0. The third-order valence-corrected chi connectivity index (χ3v) is 4.26. The first kappa shape index (κ1) is 7.64. The monoisotopic (exact) mass is 152 g/mol. The van der Waals surface area contributed by atoms with E-state index in [4.69, 9.17) is 0 Å². The Morgan fingerprint density at radius 1 is 1.09 bits per heavy atom. The lowest BCUT2D eigenvalue weighted by Gasteiger charge is -2.42. The largest absolute Gasteiger partial charge is 0.0651 e. The van der Waals surface area contributed by atoms with Crippen molar-refractivity contribution < 1.29 is 0 Å². The SMILES string of the molecule is CCC1CC(C)C2C(C)CC12. The van der Waals surface area contributed by atoms with Crippen molar-refractivity contribution in [2.75, 3.05) is 0 Å². The molecule has 5 unspecified atom stereocenters. The van der Waals surface area contributed by atoms with Crippen molar-refractivity contribution in [3.63, 3.8) is 0 Å². The fourth-order valence-electron chi connectivity index (χ4n) is 3.74. The Kier molecular flexibility index (Phi) is 1.74. The molecule has 0 radical (unpaired) electrons. The smallest absolute Gasteiger partial charge is 0.0331 e. The van der Waals surface area contributed by atoms with Gasteiger partial charge in [0.15, 0.2) is 0 Å². The molecule has 0 heterocycles. The van der Waals surface area contributed by atoms with E-state index >= 15 is 0 Å². The highest BCUT2D eigenvalue weighted by Gasteiger charge is 2.49. The molecule has 2 fully saturated rings.